The summed E-state index contributed by atoms with van der Waals surface area (Å²) >= 11 is 0. The van der Waals surface area contributed by atoms with Crippen molar-refractivity contribution in [2.75, 3.05) is 6.61 Å². The van der Waals surface area contributed by atoms with Gasteiger partial charge in [-0.05, 0) is 18.9 Å². The molecule has 1 aromatic carbocycles. The number of nitriles is 1. The average Bonchev–Trinajstić information content (AvgIpc) is 3.45. The molecule has 0 saturated heterocycles. The van der Waals surface area contributed by atoms with E-state index in [0.717, 1.165) is 18.9 Å². The summed E-state index contributed by atoms with van der Waals surface area (Å²) in [6.45, 7) is 0.293. The molecule has 2 aliphatic rings. The van der Waals surface area contributed by atoms with Gasteiger partial charge in [-0.3, -0.25) is 9.79 Å². The Bertz CT molecular complexity index is 1340. The predicted octanol–water partition coefficient (Wildman–Crippen LogP) is 2.93. The lowest BCUT2D eigenvalue weighted by Crippen LogP contribution is -2.20. The Hall–Kier alpha value is -3.93. The summed E-state index contributed by atoms with van der Waals surface area (Å²) in [5, 5.41) is 19.1. The molecule has 3 aromatic rings. The maximum Gasteiger partial charge on any atom is 0.341 e. The van der Waals surface area contributed by atoms with Crippen LogP contribution in [0.4, 0.5) is 10.1 Å². The van der Waals surface area contributed by atoms with Crippen molar-refractivity contribution in [1.29, 1.82) is 5.26 Å². The Morgan fingerprint density at radius 1 is 1.34 bits per heavy atom. The van der Waals surface area contributed by atoms with E-state index >= 15 is 4.39 Å². The van der Waals surface area contributed by atoms with E-state index in [0.29, 0.717) is 18.0 Å². The molecule has 0 radical (unpaired) electrons. The summed E-state index contributed by atoms with van der Waals surface area (Å²) < 4.78 is 23.6. The van der Waals surface area contributed by atoms with Crippen LogP contribution in [0.3, 0.4) is 0 Å². The number of nitrogens with zero attached hydrogens (tertiary/aromatic N) is 4. The van der Waals surface area contributed by atoms with Crippen molar-refractivity contribution < 1.29 is 19.0 Å². The van der Waals surface area contributed by atoms with E-state index in [-0.39, 0.29) is 28.2 Å². The van der Waals surface area contributed by atoms with Gasteiger partial charge in [0.15, 0.2) is 5.75 Å². The first-order valence-corrected chi connectivity index (χ1v) is 8.92. The van der Waals surface area contributed by atoms with Crippen LogP contribution in [0.25, 0.3) is 16.6 Å². The standard InChI is InChI=1S/C20H13FN4O4/c21-14-5-11-17(25(10-1-2-10)7-13(19(11)26)20(27)28)12(6-22)18(14)24-8-15-16(9-24)29-4-3-23-15/h3,5,7-10H,1-2,4H2,(H,27,28). The lowest BCUT2D eigenvalue weighted by atomic mass is 10.0. The van der Waals surface area contributed by atoms with E-state index in [1.165, 1.54) is 17.0 Å². The molecular formula is C20H13FN4O4. The summed E-state index contributed by atoms with van der Waals surface area (Å²) in [5.74, 6) is -1.74. The van der Waals surface area contributed by atoms with E-state index in [1.807, 2.05) is 6.07 Å². The number of benzene rings is 1. The van der Waals surface area contributed by atoms with Crippen LogP contribution < -0.4 is 10.2 Å². The first-order valence-electron chi connectivity index (χ1n) is 8.92. The van der Waals surface area contributed by atoms with Gasteiger partial charge in [0.05, 0.1) is 17.1 Å². The van der Waals surface area contributed by atoms with Gasteiger partial charge >= 0.3 is 5.97 Å². The number of ether oxygens (including phenoxy) is 1. The molecular weight excluding hydrogens is 379 g/mol. The number of carbonyl (C=O) groups is 1. The van der Waals surface area contributed by atoms with Gasteiger partial charge in [0.2, 0.25) is 5.43 Å². The minimum Gasteiger partial charge on any atom is -0.484 e. The third-order valence-electron chi connectivity index (χ3n) is 5.10. The molecule has 0 spiro atoms. The smallest absolute Gasteiger partial charge is 0.341 e. The highest BCUT2D eigenvalue weighted by Crippen LogP contribution is 2.40. The molecule has 3 heterocycles. The number of aromatic nitrogens is 2. The average molecular weight is 392 g/mol. The van der Waals surface area contributed by atoms with Crippen LogP contribution in [0, 0.1) is 17.1 Å². The third kappa shape index (κ3) is 2.53. The van der Waals surface area contributed by atoms with Gasteiger partial charge in [0.25, 0.3) is 0 Å². The summed E-state index contributed by atoms with van der Waals surface area (Å²) in [6.07, 6.45) is 7.47. The van der Waals surface area contributed by atoms with Crippen LogP contribution in [-0.4, -0.2) is 33.0 Å². The molecule has 1 fully saturated rings. The molecule has 0 atom stereocenters. The second-order valence-corrected chi connectivity index (χ2v) is 6.94. The summed E-state index contributed by atoms with van der Waals surface area (Å²) in [7, 11) is 0. The number of carboxylic acids is 1. The topological polar surface area (TPSA) is 110 Å². The maximum atomic E-state index is 15.1. The number of carboxylic acid groups (broad SMARTS) is 1. The van der Waals surface area contributed by atoms with Crippen LogP contribution in [-0.2, 0) is 0 Å². The molecule has 1 saturated carbocycles. The fraction of sp³-hybridized carbons (Fsp3) is 0.200. The zero-order valence-electron chi connectivity index (χ0n) is 14.9. The van der Waals surface area contributed by atoms with Crippen LogP contribution in [0.2, 0.25) is 0 Å². The first kappa shape index (κ1) is 17.2. The van der Waals surface area contributed by atoms with Gasteiger partial charge in [0.1, 0.15) is 41.0 Å². The zero-order chi connectivity index (χ0) is 20.3. The minimum atomic E-state index is -1.39. The van der Waals surface area contributed by atoms with Crippen LogP contribution in [0.15, 0.2) is 34.4 Å². The Morgan fingerprint density at radius 3 is 2.79 bits per heavy atom. The Kier molecular flexibility index (Phi) is 3.58. The predicted molar refractivity (Wildman–Crippen MR) is 101 cm³/mol. The highest BCUT2D eigenvalue weighted by molar-refractivity contribution is 5.95. The fourth-order valence-corrected chi connectivity index (χ4v) is 3.65. The second-order valence-electron chi connectivity index (χ2n) is 6.94. The number of pyridine rings is 1. The van der Waals surface area contributed by atoms with Crippen molar-refractivity contribution in [2.24, 2.45) is 4.99 Å². The third-order valence-corrected chi connectivity index (χ3v) is 5.10. The van der Waals surface area contributed by atoms with Gasteiger partial charge in [-0.1, -0.05) is 0 Å². The molecule has 1 aliphatic heterocycles. The molecule has 29 heavy (non-hydrogen) atoms. The Labute approximate surface area is 162 Å². The molecule has 0 amide bonds. The number of halogens is 1. The zero-order valence-corrected chi connectivity index (χ0v) is 14.9. The molecule has 5 rings (SSSR count). The quantitative estimate of drug-likeness (QED) is 0.737. The Morgan fingerprint density at radius 2 is 2.14 bits per heavy atom. The number of aliphatic imine (C=N–C) groups is 1. The number of hydrogen-bond donors (Lipinski definition) is 1. The number of aromatic carboxylic acids is 1. The Balaban J connectivity index is 1.88. The van der Waals surface area contributed by atoms with Gasteiger partial charge < -0.3 is 19.0 Å². The maximum absolute atomic E-state index is 15.1. The van der Waals surface area contributed by atoms with Gasteiger partial charge in [-0.15, -0.1) is 0 Å². The lowest BCUT2D eigenvalue weighted by Gasteiger charge is -2.16. The summed E-state index contributed by atoms with van der Waals surface area (Å²) in [5.41, 5.74) is -0.606. The minimum absolute atomic E-state index is 0.0348. The van der Waals surface area contributed by atoms with Gasteiger partial charge in [-0.25, -0.2) is 9.18 Å². The number of hydrogen-bond acceptors (Lipinski definition) is 5. The number of fused-ring (bicyclic) bond motifs is 2. The molecule has 9 heteroatoms. The summed E-state index contributed by atoms with van der Waals surface area (Å²) in [4.78, 5) is 28.4. The largest absolute Gasteiger partial charge is 0.484 e. The first-order chi connectivity index (χ1) is 14.0. The molecule has 1 N–H and O–H groups in total. The van der Waals surface area contributed by atoms with E-state index < -0.39 is 22.8 Å². The van der Waals surface area contributed by atoms with E-state index in [4.69, 9.17) is 4.74 Å². The molecule has 144 valence electrons. The molecule has 2 aromatic heterocycles. The van der Waals surface area contributed by atoms with Crippen molar-refractivity contribution in [3.05, 3.63) is 51.8 Å². The van der Waals surface area contributed by atoms with Crippen molar-refractivity contribution in [3.8, 4) is 17.5 Å². The van der Waals surface area contributed by atoms with Crippen molar-refractivity contribution >= 4 is 28.8 Å². The van der Waals surface area contributed by atoms with Gasteiger partial charge in [0, 0.05) is 24.7 Å². The second kappa shape index (κ2) is 6.04. The molecule has 0 bridgehead atoms. The summed E-state index contributed by atoms with van der Waals surface area (Å²) in [6, 6.07) is 2.98. The number of rotatable bonds is 3. The normalized spacial score (nSPS) is 15.0. The monoisotopic (exact) mass is 392 g/mol. The van der Waals surface area contributed by atoms with Crippen LogP contribution in [0.1, 0.15) is 34.8 Å². The molecule has 8 nitrogen and oxygen atoms in total. The highest BCUT2D eigenvalue weighted by atomic mass is 19.1. The van der Waals surface area contributed by atoms with Crippen molar-refractivity contribution in [2.45, 2.75) is 18.9 Å². The van der Waals surface area contributed by atoms with Crippen LogP contribution >= 0.6 is 0 Å². The lowest BCUT2D eigenvalue weighted by molar-refractivity contribution is 0.0695. The van der Waals surface area contributed by atoms with Crippen molar-refractivity contribution in [1.82, 2.24) is 9.13 Å². The van der Waals surface area contributed by atoms with Gasteiger partial charge in [-0.2, -0.15) is 5.26 Å². The van der Waals surface area contributed by atoms with Crippen LogP contribution in [0.5, 0.6) is 5.75 Å². The highest BCUT2D eigenvalue weighted by Gasteiger charge is 2.30. The van der Waals surface area contributed by atoms with E-state index in [2.05, 4.69) is 4.99 Å². The van der Waals surface area contributed by atoms with Crippen molar-refractivity contribution in [3.63, 3.8) is 0 Å². The molecule has 1 aliphatic carbocycles. The van der Waals surface area contributed by atoms with E-state index in [9.17, 15) is 20.0 Å². The van der Waals surface area contributed by atoms with E-state index in [1.54, 1.807) is 17.0 Å². The fourth-order valence-electron chi connectivity index (χ4n) is 3.65. The molecule has 0 unspecified atom stereocenters. The SMILES string of the molecule is N#Cc1c(-n2cc3c(c2)OCC=N3)c(F)cc2c(=O)c(C(=O)O)cn(C3CC3)c12.